The second-order valence-electron chi connectivity index (χ2n) is 8.96. The fourth-order valence-electron chi connectivity index (χ4n) is 3.88. The minimum Gasteiger partial charge on any atom is -0.394 e. The van der Waals surface area contributed by atoms with Crippen molar-refractivity contribution in [1.82, 2.24) is 15.5 Å². The highest BCUT2D eigenvalue weighted by atomic mass is 16.5. The Morgan fingerprint density at radius 2 is 1.62 bits per heavy atom. The molecule has 1 heterocycles. The van der Waals surface area contributed by atoms with E-state index in [1.807, 2.05) is 0 Å². The van der Waals surface area contributed by atoms with Gasteiger partial charge in [-0.2, -0.15) is 0 Å². The predicted octanol–water partition coefficient (Wildman–Crippen LogP) is -3.51. The van der Waals surface area contributed by atoms with Gasteiger partial charge in [0.05, 0.1) is 19.8 Å². The van der Waals surface area contributed by atoms with Crippen molar-refractivity contribution < 1.29 is 29.0 Å². The number of benzene rings is 1. The molecule has 2 rings (SSSR count). The number of aliphatic imine (C=N–C) groups is 1. The van der Waals surface area contributed by atoms with Crippen molar-refractivity contribution in [2.75, 3.05) is 39.5 Å². The van der Waals surface area contributed by atoms with Crippen molar-refractivity contribution in [3.8, 4) is 0 Å². The number of nitrogens with zero attached hydrogens (tertiary/aromatic N) is 2. The summed E-state index contributed by atoms with van der Waals surface area (Å²) in [7, 11) is 0. The molecular weight excluding hydrogens is 510 g/mol. The number of amides is 4. The van der Waals surface area contributed by atoms with E-state index in [1.54, 1.807) is 24.3 Å². The van der Waals surface area contributed by atoms with Gasteiger partial charge in [0.25, 0.3) is 0 Å². The van der Waals surface area contributed by atoms with E-state index < -0.39 is 48.2 Å². The van der Waals surface area contributed by atoms with Crippen LogP contribution in [0.2, 0.25) is 0 Å². The molecule has 0 saturated carbocycles. The average molecular weight is 548 g/mol. The molecule has 0 radical (unpaired) electrons. The lowest BCUT2D eigenvalue weighted by Crippen LogP contribution is -2.56. The number of carbonyl (C=O) groups excluding carboxylic acids is 4. The van der Waals surface area contributed by atoms with E-state index in [0.29, 0.717) is 43.9 Å². The van der Waals surface area contributed by atoms with Gasteiger partial charge in [-0.25, -0.2) is 0 Å². The molecule has 15 nitrogen and oxygen atoms in total. The maximum absolute atomic E-state index is 13.3. The van der Waals surface area contributed by atoms with Crippen LogP contribution in [0.5, 0.6) is 0 Å². The Morgan fingerprint density at radius 1 is 1.00 bits per heavy atom. The lowest BCUT2D eigenvalue weighted by Gasteiger charge is -2.30. The number of aliphatic hydroxyl groups excluding tert-OH is 1. The number of ether oxygens (including phenoxy) is 1. The number of hydrogen-bond acceptors (Lipinski definition) is 8. The zero-order chi connectivity index (χ0) is 28.9. The molecule has 3 atom stereocenters. The van der Waals surface area contributed by atoms with Crippen LogP contribution in [0.1, 0.15) is 24.0 Å². The van der Waals surface area contributed by atoms with Gasteiger partial charge in [-0.15, -0.1) is 0 Å². The van der Waals surface area contributed by atoms with Crippen LogP contribution in [0, 0.1) is 11.3 Å². The molecular formula is C24H37N9O6. The first-order valence-electron chi connectivity index (χ1n) is 12.4. The third-order valence-corrected chi connectivity index (χ3v) is 6.06. The van der Waals surface area contributed by atoms with Gasteiger partial charge in [-0.3, -0.25) is 29.6 Å². The molecule has 0 aromatic heterocycles. The van der Waals surface area contributed by atoms with E-state index in [4.69, 9.17) is 33.1 Å². The normalized spacial score (nSPS) is 15.4. The maximum atomic E-state index is 13.3. The molecule has 39 heavy (non-hydrogen) atoms. The zero-order valence-corrected chi connectivity index (χ0v) is 21.6. The fraction of sp³-hybridized carbons (Fsp3) is 0.500. The molecule has 12 N–H and O–H groups in total. The smallest absolute Gasteiger partial charge is 0.245 e. The van der Waals surface area contributed by atoms with Crippen LogP contribution in [0.25, 0.3) is 0 Å². The number of hydrogen-bond donors (Lipinski definition) is 8. The molecule has 1 fully saturated rings. The van der Waals surface area contributed by atoms with E-state index in [-0.39, 0.29) is 31.2 Å². The van der Waals surface area contributed by atoms with Crippen molar-refractivity contribution in [1.29, 1.82) is 5.41 Å². The van der Waals surface area contributed by atoms with Crippen molar-refractivity contribution in [3.63, 3.8) is 0 Å². The summed E-state index contributed by atoms with van der Waals surface area (Å²) in [4.78, 5) is 56.6. The second-order valence-corrected chi connectivity index (χ2v) is 8.96. The number of morpholine rings is 1. The summed E-state index contributed by atoms with van der Waals surface area (Å²) >= 11 is 0. The summed E-state index contributed by atoms with van der Waals surface area (Å²) in [6.07, 6.45) is 0.452. The van der Waals surface area contributed by atoms with Crippen LogP contribution in [0.3, 0.4) is 0 Å². The summed E-state index contributed by atoms with van der Waals surface area (Å²) in [5, 5.41) is 22.2. The molecule has 1 saturated heterocycles. The molecule has 214 valence electrons. The first kappa shape index (κ1) is 31.0. The Labute approximate surface area is 225 Å². The molecule has 1 aromatic carbocycles. The van der Waals surface area contributed by atoms with E-state index in [1.165, 1.54) is 4.90 Å². The molecule has 4 amide bonds. The number of nitrogen functional groups attached to an aromatic ring is 1. The molecule has 1 unspecified atom stereocenters. The summed E-state index contributed by atoms with van der Waals surface area (Å²) < 4.78 is 5.29. The summed E-state index contributed by atoms with van der Waals surface area (Å²) in [6, 6.07) is 3.97. The van der Waals surface area contributed by atoms with Gasteiger partial charge < -0.3 is 48.3 Å². The maximum Gasteiger partial charge on any atom is 0.245 e. The van der Waals surface area contributed by atoms with Gasteiger partial charge in [-0.1, -0.05) is 24.3 Å². The number of nitrogens with one attached hydrogen (secondary N) is 3. The van der Waals surface area contributed by atoms with Crippen molar-refractivity contribution in [2.24, 2.45) is 33.8 Å². The third-order valence-electron chi connectivity index (χ3n) is 6.06. The summed E-state index contributed by atoms with van der Waals surface area (Å²) in [6.45, 7) is 0.676. The molecule has 0 bridgehead atoms. The van der Waals surface area contributed by atoms with Gasteiger partial charge in [0.15, 0.2) is 5.96 Å². The Balaban J connectivity index is 2.15. The largest absolute Gasteiger partial charge is 0.394 e. The van der Waals surface area contributed by atoms with Crippen LogP contribution in [-0.4, -0.2) is 97.0 Å². The number of aliphatic hydroxyl groups is 1. The quantitative estimate of drug-likeness (QED) is 0.0496. The number of nitrogens with two attached hydrogens (primary N) is 4. The number of rotatable bonds is 14. The zero-order valence-electron chi connectivity index (χ0n) is 21.6. The van der Waals surface area contributed by atoms with Gasteiger partial charge >= 0.3 is 0 Å². The number of primary amides is 1. The summed E-state index contributed by atoms with van der Waals surface area (Å²) in [5.74, 6) is -4.36. The van der Waals surface area contributed by atoms with Gasteiger partial charge in [-0.05, 0) is 24.8 Å². The van der Waals surface area contributed by atoms with Crippen molar-refractivity contribution in [3.05, 3.63) is 35.4 Å². The lowest BCUT2D eigenvalue weighted by atomic mass is 9.95. The van der Waals surface area contributed by atoms with E-state index in [0.717, 1.165) is 0 Å². The first-order valence-corrected chi connectivity index (χ1v) is 12.4. The molecule has 1 aromatic rings. The lowest BCUT2D eigenvalue weighted by molar-refractivity contribution is -0.146. The van der Waals surface area contributed by atoms with Crippen molar-refractivity contribution >= 4 is 35.4 Å². The van der Waals surface area contributed by atoms with Crippen molar-refractivity contribution in [2.45, 2.75) is 31.3 Å². The van der Waals surface area contributed by atoms with E-state index in [9.17, 15) is 24.3 Å². The summed E-state index contributed by atoms with van der Waals surface area (Å²) in [5.41, 5.74) is 22.5. The first-order chi connectivity index (χ1) is 18.5. The van der Waals surface area contributed by atoms with Crippen LogP contribution in [0.4, 0.5) is 0 Å². The molecule has 1 aliphatic rings. The molecule has 0 aliphatic carbocycles. The van der Waals surface area contributed by atoms with Gasteiger partial charge in [0, 0.05) is 25.2 Å². The number of guanidine groups is 1. The SMILES string of the molecule is N=C(N)c1ccc(CC(C(=O)N[C@@H](CO)C(=O)N[C@@H](CCCN=C(N)N)C(N)=O)C(=O)N2CCOCC2)cc1. The molecule has 15 heteroatoms. The standard InChI is InChI=1S/C24H37N9O6/c25-19(26)15-5-3-14(4-6-15)12-16(23(38)33-8-10-39-11-9-33)21(36)32-18(13-34)22(37)31-17(20(27)35)2-1-7-30-24(28)29/h3-6,16-18,34H,1-2,7-13H2,(H3,25,26)(H2,27,35)(H,31,37)(H,32,36)(H4,28,29,30)/t16?,17-,18-/m0/s1. The monoisotopic (exact) mass is 547 g/mol. The number of amidine groups is 1. The molecule has 1 aliphatic heterocycles. The van der Waals surface area contributed by atoms with Crippen LogP contribution >= 0.6 is 0 Å². The van der Waals surface area contributed by atoms with E-state index >= 15 is 0 Å². The Hall–Kier alpha value is -4.24. The predicted molar refractivity (Wildman–Crippen MR) is 142 cm³/mol. The van der Waals surface area contributed by atoms with Crippen LogP contribution in [0.15, 0.2) is 29.3 Å². The van der Waals surface area contributed by atoms with Gasteiger partial charge in [0.1, 0.15) is 23.8 Å². The van der Waals surface area contributed by atoms with Crippen LogP contribution in [-0.2, 0) is 30.3 Å². The van der Waals surface area contributed by atoms with E-state index in [2.05, 4.69) is 15.6 Å². The average Bonchev–Trinajstić information content (AvgIpc) is 2.91. The van der Waals surface area contributed by atoms with Crippen LogP contribution < -0.4 is 33.6 Å². The fourth-order valence-corrected chi connectivity index (χ4v) is 3.88. The highest BCUT2D eigenvalue weighted by Crippen LogP contribution is 2.15. The third kappa shape index (κ3) is 9.86. The second kappa shape index (κ2) is 15.2. The number of carbonyl (C=O) groups is 4. The molecule has 0 spiro atoms. The topological polar surface area (TPSA) is 265 Å². The minimum atomic E-state index is -1.45. The Morgan fingerprint density at radius 3 is 2.15 bits per heavy atom. The minimum absolute atomic E-state index is 0.00528. The highest BCUT2D eigenvalue weighted by molar-refractivity contribution is 6.02. The Kier molecular flexibility index (Phi) is 12.1. The Bertz CT molecular complexity index is 1050. The van der Waals surface area contributed by atoms with Gasteiger partial charge in [0.2, 0.25) is 23.6 Å². The highest BCUT2D eigenvalue weighted by Gasteiger charge is 2.34.